The molecule has 0 aliphatic heterocycles. The molecule has 0 radical (unpaired) electrons. The van der Waals surface area contributed by atoms with Gasteiger partial charge in [0.15, 0.2) is 0 Å². The number of nitrogens with zero attached hydrogens (tertiary/aromatic N) is 1. The highest BCUT2D eigenvalue weighted by molar-refractivity contribution is 6.42. The van der Waals surface area contributed by atoms with Gasteiger partial charge in [-0.25, -0.2) is 0 Å². The molecule has 2 aromatic carbocycles. The lowest BCUT2D eigenvalue weighted by molar-refractivity contribution is -0.116. The van der Waals surface area contributed by atoms with Crippen LogP contribution in [0.25, 0.3) is 0 Å². The lowest BCUT2D eigenvalue weighted by Gasteiger charge is -2.22. The monoisotopic (exact) mass is 380 g/mol. The molecule has 0 bridgehead atoms. The van der Waals surface area contributed by atoms with Crippen LogP contribution in [0, 0.1) is 0 Å². The minimum Gasteiger partial charge on any atom is -0.497 e. The van der Waals surface area contributed by atoms with E-state index in [0.717, 1.165) is 0 Å². The van der Waals surface area contributed by atoms with Gasteiger partial charge in [0.2, 0.25) is 5.91 Å². The second-order valence-electron chi connectivity index (χ2n) is 5.26. The Balaban J connectivity index is 2.00. The van der Waals surface area contributed by atoms with Crippen LogP contribution in [0.15, 0.2) is 42.5 Å². The van der Waals surface area contributed by atoms with Gasteiger partial charge in [0.25, 0.3) is 5.91 Å². The maximum absolute atomic E-state index is 12.2. The van der Waals surface area contributed by atoms with Crippen LogP contribution in [-0.2, 0) is 4.79 Å². The largest absolute Gasteiger partial charge is 0.497 e. The van der Waals surface area contributed by atoms with Gasteiger partial charge in [-0.1, -0.05) is 29.3 Å². The maximum atomic E-state index is 12.2. The van der Waals surface area contributed by atoms with Crippen LogP contribution in [0.5, 0.6) is 5.75 Å². The lowest BCUT2D eigenvalue weighted by atomic mass is 10.2. The van der Waals surface area contributed by atoms with E-state index in [0.29, 0.717) is 33.6 Å². The minimum atomic E-state index is -0.239. The highest BCUT2D eigenvalue weighted by Crippen LogP contribution is 2.27. The minimum absolute atomic E-state index is 0.158. The smallest absolute Gasteiger partial charge is 0.251 e. The van der Waals surface area contributed by atoms with Crippen LogP contribution < -0.4 is 15.0 Å². The molecular formula is C18H18Cl2N2O3. The van der Waals surface area contributed by atoms with Gasteiger partial charge in [-0.3, -0.25) is 9.59 Å². The summed E-state index contributed by atoms with van der Waals surface area (Å²) >= 11 is 11.9. The first-order valence-electron chi connectivity index (χ1n) is 7.57. The summed E-state index contributed by atoms with van der Waals surface area (Å²) in [5, 5.41) is 3.57. The van der Waals surface area contributed by atoms with Crippen molar-refractivity contribution in [3.8, 4) is 5.75 Å². The molecule has 1 N–H and O–H groups in total. The van der Waals surface area contributed by atoms with Crippen LogP contribution in [0.3, 0.4) is 0 Å². The molecule has 0 unspecified atom stereocenters. The lowest BCUT2D eigenvalue weighted by Crippen LogP contribution is -2.37. The molecule has 0 aliphatic carbocycles. The van der Waals surface area contributed by atoms with Gasteiger partial charge in [0.05, 0.1) is 17.2 Å². The maximum Gasteiger partial charge on any atom is 0.251 e. The third-order valence-electron chi connectivity index (χ3n) is 3.55. The third-order valence-corrected chi connectivity index (χ3v) is 4.29. The molecule has 0 saturated heterocycles. The molecule has 7 heteroatoms. The summed E-state index contributed by atoms with van der Waals surface area (Å²) in [5.41, 5.74) is 1.11. The Bertz CT molecular complexity index is 781. The molecule has 5 nitrogen and oxygen atoms in total. The summed E-state index contributed by atoms with van der Waals surface area (Å²) in [6.45, 7) is 2.05. The Labute approximate surface area is 156 Å². The van der Waals surface area contributed by atoms with Crippen molar-refractivity contribution in [2.24, 2.45) is 0 Å². The zero-order valence-corrected chi connectivity index (χ0v) is 15.4. The van der Waals surface area contributed by atoms with Crippen molar-refractivity contribution in [2.45, 2.75) is 6.92 Å². The quantitative estimate of drug-likeness (QED) is 0.829. The highest BCUT2D eigenvalue weighted by Gasteiger charge is 2.14. The molecule has 0 aliphatic rings. The van der Waals surface area contributed by atoms with Gasteiger partial charge < -0.3 is 15.0 Å². The van der Waals surface area contributed by atoms with Gasteiger partial charge in [-0.15, -0.1) is 0 Å². The van der Waals surface area contributed by atoms with E-state index in [1.165, 1.54) is 11.8 Å². The summed E-state index contributed by atoms with van der Waals surface area (Å²) in [4.78, 5) is 25.6. The predicted molar refractivity (Wildman–Crippen MR) is 99.8 cm³/mol. The van der Waals surface area contributed by atoms with Gasteiger partial charge in [0, 0.05) is 31.3 Å². The normalized spacial score (nSPS) is 10.2. The van der Waals surface area contributed by atoms with Crippen LogP contribution in [0.1, 0.15) is 17.3 Å². The summed E-state index contributed by atoms with van der Waals surface area (Å²) in [7, 11) is 1.54. The number of rotatable bonds is 6. The summed E-state index contributed by atoms with van der Waals surface area (Å²) < 4.78 is 5.10. The van der Waals surface area contributed by atoms with Gasteiger partial charge in [-0.2, -0.15) is 0 Å². The average Bonchev–Trinajstić information content (AvgIpc) is 2.60. The Hall–Kier alpha value is -2.24. The van der Waals surface area contributed by atoms with Gasteiger partial charge in [0.1, 0.15) is 5.75 Å². The molecule has 2 rings (SSSR count). The molecule has 2 amide bonds. The number of amides is 2. The molecule has 0 heterocycles. The molecule has 0 aromatic heterocycles. The zero-order chi connectivity index (χ0) is 18.4. The van der Waals surface area contributed by atoms with E-state index in [4.69, 9.17) is 27.9 Å². The molecule has 132 valence electrons. The standard InChI is InChI=1S/C18H18Cl2N2O3/c1-12(23)22(14-6-7-16(19)17(20)11-14)9-8-21-18(24)13-4-3-5-15(10-13)25-2/h3-7,10-11H,8-9H2,1-2H3,(H,21,24). The first kappa shape index (κ1) is 19.1. The average molecular weight is 381 g/mol. The number of nitrogens with one attached hydrogen (secondary N) is 1. The van der Waals surface area contributed by atoms with E-state index >= 15 is 0 Å². The number of halogens is 2. The van der Waals surface area contributed by atoms with Gasteiger partial charge >= 0.3 is 0 Å². The summed E-state index contributed by atoms with van der Waals surface area (Å²) in [6, 6.07) is 11.8. The highest BCUT2D eigenvalue weighted by atomic mass is 35.5. The van der Waals surface area contributed by atoms with Crippen LogP contribution >= 0.6 is 23.2 Å². The number of methoxy groups -OCH3 is 1. The fraction of sp³-hybridized carbons (Fsp3) is 0.222. The van der Waals surface area contributed by atoms with E-state index < -0.39 is 0 Å². The number of anilines is 1. The number of hydrogen-bond acceptors (Lipinski definition) is 3. The summed E-state index contributed by atoms with van der Waals surface area (Å²) in [6.07, 6.45) is 0. The Kier molecular flexibility index (Phi) is 6.67. The van der Waals surface area contributed by atoms with Crippen molar-refractivity contribution in [3.63, 3.8) is 0 Å². The van der Waals surface area contributed by atoms with Crippen molar-refractivity contribution in [1.29, 1.82) is 0 Å². The van der Waals surface area contributed by atoms with Gasteiger partial charge in [-0.05, 0) is 36.4 Å². The Morgan fingerprint density at radius 1 is 1.12 bits per heavy atom. The van der Waals surface area contributed by atoms with Crippen LogP contribution in [0.4, 0.5) is 5.69 Å². The number of carbonyl (C=O) groups excluding carboxylic acids is 2. The van der Waals surface area contributed by atoms with Crippen molar-refractivity contribution in [1.82, 2.24) is 5.32 Å². The number of benzene rings is 2. The van der Waals surface area contributed by atoms with Crippen molar-refractivity contribution < 1.29 is 14.3 Å². The Morgan fingerprint density at radius 3 is 2.52 bits per heavy atom. The molecule has 0 saturated carbocycles. The van der Waals surface area contributed by atoms with Crippen LogP contribution in [-0.4, -0.2) is 32.0 Å². The van der Waals surface area contributed by atoms with Crippen molar-refractivity contribution in [3.05, 3.63) is 58.1 Å². The fourth-order valence-electron chi connectivity index (χ4n) is 2.27. The molecular weight excluding hydrogens is 363 g/mol. The van der Waals surface area contributed by atoms with E-state index in [1.54, 1.807) is 49.6 Å². The molecule has 25 heavy (non-hydrogen) atoms. The number of carbonyl (C=O) groups is 2. The number of ether oxygens (including phenoxy) is 1. The second kappa shape index (κ2) is 8.74. The number of hydrogen-bond donors (Lipinski definition) is 1. The van der Waals surface area contributed by atoms with E-state index in [2.05, 4.69) is 5.32 Å². The SMILES string of the molecule is COc1cccc(C(=O)NCCN(C(C)=O)c2ccc(Cl)c(Cl)c2)c1. The fourth-order valence-corrected chi connectivity index (χ4v) is 2.56. The Morgan fingerprint density at radius 2 is 1.88 bits per heavy atom. The second-order valence-corrected chi connectivity index (χ2v) is 6.07. The van der Waals surface area contributed by atoms with Crippen molar-refractivity contribution in [2.75, 3.05) is 25.1 Å². The third kappa shape index (κ3) is 5.11. The topological polar surface area (TPSA) is 58.6 Å². The summed E-state index contributed by atoms with van der Waals surface area (Å²) in [5.74, 6) is 0.208. The first-order valence-corrected chi connectivity index (χ1v) is 8.33. The molecule has 2 aromatic rings. The van der Waals surface area contributed by atoms with E-state index in [9.17, 15) is 9.59 Å². The first-order chi connectivity index (χ1) is 11.9. The predicted octanol–water partition coefficient (Wildman–Crippen LogP) is 3.78. The zero-order valence-electron chi connectivity index (χ0n) is 13.9. The van der Waals surface area contributed by atoms with Crippen molar-refractivity contribution >= 4 is 40.7 Å². The molecule has 0 spiro atoms. The molecule has 0 fully saturated rings. The van der Waals surface area contributed by atoms with Crippen LogP contribution in [0.2, 0.25) is 10.0 Å². The van der Waals surface area contributed by atoms with E-state index in [-0.39, 0.29) is 18.4 Å². The molecule has 0 atom stereocenters. The van der Waals surface area contributed by atoms with E-state index in [1.807, 2.05) is 0 Å².